The molecule has 0 aliphatic rings. The van der Waals surface area contributed by atoms with Gasteiger partial charge in [-0.25, -0.2) is 4.79 Å². The number of nitrogens with one attached hydrogen (secondary N) is 1. The number of nitrogens with two attached hydrogens (primary N) is 3. The molecule has 2 atom stereocenters. The van der Waals surface area contributed by atoms with Crippen LogP contribution in [0.5, 0.6) is 5.75 Å². The number of ketones is 1. The van der Waals surface area contributed by atoms with Gasteiger partial charge in [0.05, 0.1) is 12.6 Å². The lowest BCUT2D eigenvalue weighted by Crippen LogP contribution is -2.35. The molecule has 196 valence electrons. The molecule has 0 fully saturated rings. The fraction of sp³-hybridized carbons (Fsp3) is 0.310. The number of anilines is 1. The maximum atomic E-state index is 12.8. The Bertz CT molecular complexity index is 1150. The highest BCUT2D eigenvalue weighted by Crippen LogP contribution is 2.18. The molecule has 3 aromatic carbocycles. The van der Waals surface area contributed by atoms with Gasteiger partial charge in [-0.15, -0.1) is 0 Å². The van der Waals surface area contributed by atoms with E-state index in [9.17, 15) is 9.59 Å². The van der Waals surface area contributed by atoms with Gasteiger partial charge in [-0.3, -0.25) is 4.79 Å². The van der Waals surface area contributed by atoms with Crippen molar-refractivity contribution in [1.29, 1.82) is 0 Å². The third-order valence-electron chi connectivity index (χ3n) is 5.94. The minimum Gasteiger partial charge on any atom is -0.494 e. The first-order chi connectivity index (χ1) is 17.8. The van der Waals surface area contributed by atoms with Crippen LogP contribution in [0, 0.1) is 0 Å². The summed E-state index contributed by atoms with van der Waals surface area (Å²) in [4.78, 5) is 23.5. The van der Waals surface area contributed by atoms with Gasteiger partial charge in [0.2, 0.25) is 0 Å². The van der Waals surface area contributed by atoms with Crippen molar-refractivity contribution in [2.45, 2.75) is 44.9 Å². The van der Waals surface area contributed by atoms with E-state index < -0.39 is 12.1 Å². The number of hydrogen-bond acceptors (Lipinski definition) is 7. The largest absolute Gasteiger partial charge is 0.494 e. The van der Waals surface area contributed by atoms with Gasteiger partial charge in [-0.2, -0.15) is 0 Å². The zero-order valence-electron chi connectivity index (χ0n) is 21.2. The minimum absolute atomic E-state index is 0.0526. The Morgan fingerprint density at radius 3 is 2.19 bits per heavy atom. The summed E-state index contributed by atoms with van der Waals surface area (Å²) in [5, 5.41) is 3.42. The Labute approximate surface area is 218 Å². The Hall–Kier alpha value is -3.88. The van der Waals surface area contributed by atoms with E-state index in [1.807, 2.05) is 67.6 Å². The molecule has 0 spiro atoms. The lowest BCUT2D eigenvalue weighted by atomic mass is 9.97. The van der Waals surface area contributed by atoms with Crippen LogP contribution in [0.3, 0.4) is 0 Å². The molecule has 8 heteroatoms. The van der Waals surface area contributed by atoms with Crippen LogP contribution < -0.4 is 27.3 Å². The number of hydrogen-bond donors (Lipinski definition) is 4. The second-order valence-corrected chi connectivity index (χ2v) is 8.96. The Morgan fingerprint density at radius 1 is 0.865 bits per heavy atom. The maximum absolute atomic E-state index is 12.8. The first kappa shape index (κ1) is 27.7. The predicted octanol–water partition coefficient (Wildman–Crippen LogP) is 3.34. The summed E-state index contributed by atoms with van der Waals surface area (Å²) in [6.45, 7) is 3.28. The number of carbonyl (C=O) groups is 2. The van der Waals surface area contributed by atoms with Crippen LogP contribution >= 0.6 is 0 Å². The number of benzene rings is 3. The van der Waals surface area contributed by atoms with Crippen LogP contribution in [-0.4, -0.2) is 37.1 Å². The van der Waals surface area contributed by atoms with Crippen LogP contribution in [0.4, 0.5) is 10.5 Å². The van der Waals surface area contributed by atoms with Crippen molar-refractivity contribution in [2.24, 2.45) is 17.2 Å². The smallest absolute Gasteiger partial charge is 0.404 e. The van der Waals surface area contributed by atoms with E-state index in [4.69, 9.17) is 26.7 Å². The molecular weight excluding hydrogens is 468 g/mol. The Kier molecular flexibility index (Phi) is 10.5. The van der Waals surface area contributed by atoms with E-state index >= 15 is 0 Å². The normalized spacial score (nSPS) is 12.4. The highest BCUT2D eigenvalue weighted by atomic mass is 16.5. The summed E-state index contributed by atoms with van der Waals surface area (Å²) in [6, 6.07) is 22.3. The summed E-state index contributed by atoms with van der Waals surface area (Å²) >= 11 is 0. The molecule has 0 heterocycles. The van der Waals surface area contributed by atoms with Crippen molar-refractivity contribution in [3.63, 3.8) is 0 Å². The monoisotopic (exact) mass is 504 g/mol. The lowest BCUT2D eigenvalue weighted by molar-refractivity contribution is -0.119. The number of carbonyl (C=O) groups excluding carboxylic acids is 2. The van der Waals surface area contributed by atoms with E-state index in [0.29, 0.717) is 19.6 Å². The summed E-state index contributed by atoms with van der Waals surface area (Å²) in [6.07, 6.45) is 0.545. The molecule has 0 bridgehead atoms. The van der Waals surface area contributed by atoms with Crippen molar-refractivity contribution in [1.82, 2.24) is 0 Å². The van der Waals surface area contributed by atoms with Crippen LogP contribution in [0.25, 0.3) is 0 Å². The highest BCUT2D eigenvalue weighted by molar-refractivity contribution is 5.86. The molecule has 0 saturated heterocycles. The second kappa shape index (κ2) is 14.0. The standard InChI is InChI=1S/C29H36N4O4/c1-2-36-25-13-11-20(12-14-25)15-24(30)18-33-27-6-4-3-5-23(27)17-26(31)28(34)16-21-7-9-22(10-8-21)19-37-29(32)35/h3-14,24,26,33H,2,15-19,30-31H2,1H3,(H2,32,35). The number of para-hydroxylation sites is 1. The molecule has 37 heavy (non-hydrogen) atoms. The van der Waals surface area contributed by atoms with Gasteiger partial charge in [-0.05, 0) is 60.2 Å². The van der Waals surface area contributed by atoms with Crippen molar-refractivity contribution < 1.29 is 19.1 Å². The van der Waals surface area contributed by atoms with E-state index in [2.05, 4.69) is 5.32 Å². The molecule has 0 aromatic heterocycles. The third kappa shape index (κ3) is 9.25. The van der Waals surface area contributed by atoms with E-state index in [1.54, 1.807) is 12.1 Å². The quantitative estimate of drug-likeness (QED) is 0.264. The number of rotatable bonds is 14. The number of ether oxygens (including phenoxy) is 2. The Morgan fingerprint density at radius 2 is 1.51 bits per heavy atom. The van der Waals surface area contributed by atoms with Gasteiger partial charge in [-0.1, -0.05) is 54.6 Å². The van der Waals surface area contributed by atoms with Gasteiger partial charge in [0.1, 0.15) is 12.4 Å². The summed E-state index contributed by atoms with van der Waals surface area (Å²) in [5.74, 6) is 0.799. The summed E-state index contributed by atoms with van der Waals surface area (Å²) < 4.78 is 10.3. The van der Waals surface area contributed by atoms with Gasteiger partial charge in [0.15, 0.2) is 5.78 Å². The van der Waals surface area contributed by atoms with Crippen molar-refractivity contribution in [3.05, 3.63) is 95.1 Å². The topological polar surface area (TPSA) is 143 Å². The zero-order valence-corrected chi connectivity index (χ0v) is 21.2. The van der Waals surface area contributed by atoms with Crippen molar-refractivity contribution >= 4 is 17.6 Å². The molecule has 1 amide bonds. The first-order valence-corrected chi connectivity index (χ1v) is 12.4. The lowest BCUT2D eigenvalue weighted by Gasteiger charge is -2.18. The second-order valence-electron chi connectivity index (χ2n) is 8.96. The molecule has 2 unspecified atom stereocenters. The van der Waals surface area contributed by atoms with Crippen LogP contribution in [0.1, 0.15) is 29.2 Å². The molecule has 0 radical (unpaired) electrons. The molecule has 0 saturated carbocycles. The van der Waals surface area contributed by atoms with Crippen molar-refractivity contribution in [2.75, 3.05) is 18.5 Å². The van der Waals surface area contributed by atoms with Crippen LogP contribution in [0.15, 0.2) is 72.8 Å². The van der Waals surface area contributed by atoms with Crippen LogP contribution in [0.2, 0.25) is 0 Å². The van der Waals surface area contributed by atoms with Crippen molar-refractivity contribution in [3.8, 4) is 5.75 Å². The predicted molar refractivity (Wildman–Crippen MR) is 145 cm³/mol. The van der Waals surface area contributed by atoms with Crippen LogP contribution in [-0.2, 0) is 35.4 Å². The summed E-state index contributed by atoms with van der Waals surface area (Å²) in [5.41, 5.74) is 22.3. The summed E-state index contributed by atoms with van der Waals surface area (Å²) in [7, 11) is 0. The number of amides is 1. The fourth-order valence-electron chi connectivity index (χ4n) is 3.97. The van der Waals surface area contributed by atoms with E-state index in [0.717, 1.165) is 40.1 Å². The highest BCUT2D eigenvalue weighted by Gasteiger charge is 2.17. The van der Waals surface area contributed by atoms with E-state index in [1.165, 1.54) is 0 Å². The molecule has 7 N–H and O–H groups in total. The Balaban J connectivity index is 1.51. The maximum Gasteiger partial charge on any atom is 0.404 e. The van der Waals surface area contributed by atoms with Gasteiger partial charge in [0.25, 0.3) is 0 Å². The van der Waals surface area contributed by atoms with Gasteiger partial charge >= 0.3 is 6.09 Å². The van der Waals surface area contributed by atoms with E-state index in [-0.39, 0.29) is 24.9 Å². The van der Waals surface area contributed by atoms with Gasteiger partial charge < -0.3 is 32.0 Å². The molecule has 0 aliphatic heterocycles. The SMILES string of the molecule is CCOc1ccc(CC(N)CNc2ccccc2CC(N)C(=O)Cc2ccc(COC(N)=O)cc2)cc1. The first-order valence-electron chi connectivity index (χ1n) is 12.4. The molecular formula is C29H36N4O4. The molecule has 3 rings (SSSR count). The number of Topliss-reactive ketones (excluding diaryl/α,β-unsaturated/α-hetero) is 1. The fourth-order valence-corrected chi connectivity index (χ4v) is 3.97. The zero-order chi connectivity index (χ0) is 26.6. The molecule has 8 nitrogen and oxygen atoms in total. The molecule has 3 aromatic rings. The molecule has 0 aliphatic carbocycles. The average molecular weight is 505 g/mol. The third-order valence-corrected chi connectivity index (χ3v) is 5.94. The average Bonchev–Trinajstić information content (AvgIpc) is 2.89. The minimum atomic E-state index is -0.824. The number of primary amides is 1. The van der Waals surface area contributed by atoms with Gasteiger partial charge in [0, 0.05) is 24.7 Å².